The molecule has 2 heterocycles. The molecule has 4 saturated carbocycles. The molecule has 0 amide bonds. The van der Waals surface area contributed by atoms with Crippen LogP contribution >= 0.6 is 0 Å². The average Bonchev–Trinajstić information content (AvgIpc) is 2.88. The van der Waals surface area contributed by atoms with Gasteiger partial charge in [-0.25, -0.2) is 4.98 Å². The molecule has 0 unspecified atom stereocenters. The minimum Gasteiger partial charge on any atom is -0.481 e. The van der Waals surface area contributed by atoms with Crippen molar-refractivity contribution in [2.45, 2.75) is 38.0 Å². The number of fused-ring (bicyclic) bond motifs is 1. The van der Waals surface area contributed by atoms with Gasteiger partial charge in [0.25, 0.3) is 0 Å². The Hall–Kier alpha value is -1.58. The van der Waals surface area contributed by atoms with Gasteiger partial charge in [0, 0.05) is 12.0 Å². The van der Waals surface area contributed by atoms with E-state index < -0.39 is 0 Å². The van der Waals surface area contributed by atoms with Crippen LogP contribution in [0.2, 0.25) is 0 Å². The van der Waals surface area contributed by atoms with Gasteiger partial charge in [-0.15, -0.1) is 0 Å². The van der Waals surface area contributed by atoms with E-state index in [1.807, 2.05) is 12.1 Å². The van der Waals surface area contributed by atoms with Crippen molar-refractivity contribution in [3.8, 4) is 5.88 Å². The van der Waals surface area contributed by atoms with Gasteiger partial charge in [0.05, 0.1) is 12.6 Å². The lowest BCUT2D eigenvalue weighted by molar-refractivity contribution is -0.00529. The zero-order valence-corrected chi connectivity index (χ0v) is 12.4. The normalized spacial score (nSPS) is 37.3. The summed E-state index contributed by atoms with van der Waals surface area (Å²) in [6.07, 6.45) is 7.19. The van der Waals surface area contributed by atoms with Crippen molar-refractivity contribution >= 4 is 11.2 Å². The molecule has 1 N–H and O–H groups in total. The molecule has 4 bridgehead atoms. The quantitative estimate of drug-likeness (QED) is 0.917. The molecule has 6 rings (SSSR count). The Morgan fingerprint density at radius 3 is 2.38 bits per heavy atom. The van der Waals surface area contributed by atoms with Gasteiger partial charge in [-0.3, -0.25) is 0 Å². The summed E-state index contributed by atoms with van der Waals surface area (Å²) in [5.74, 6) is 6.17. The van der Waals surface area contributed by atoms with Crippen molar-refractivity contribution < 1.29 is 4.74 Å². The minimum atomic E-state index is 0.637. The third-order valence-corrected chi connectivity index (χ3v) is 6.09. The lowest BCUT2D eigenvalue weighted by Gasteiger charge is -2.53. The fourth-order valence-corrected chi connectivity index (χ4v) is 5.54. The summed E-state index contributed by atoms with van der Waals surface area (Å²) >= 11 is 0. The first-order valence-electron chi connectivity index (χ1n) is 8.21. The highest BCUT2D eigenvalue weighted by Gasteiger charge is 2.49. The minimum absolute atomic E-state index is 0.637. The summed E-state index contributed by atoms with van der Waals surface area (Å²) in [6.45, 7) is 0. The van der Waals surface area contributed by atoms with E-state index in [1.54, 1.807) is 7.11 Å². The highest BCUT2D eigenvalue weighted by molar-refractivity contribution is 5.71. The van der Waals surface area contributed by atoms with Gasteiger partial charge in [-0.1, -0.05) is 0 Å². The van der Waals surface area contributed by atoms with E-state index >= 15 is 0 Å². The first-order chi connectivity index (χ1) is 10.3. The predicted molar refractivity (Wildman–Crippen MR) is 80.2 cm³/mol. The molecular weight excluding hydrogens is 262 g/mol. The van der Waals surface area contributed by atoms with Crippen molar-refractivity contribution in [2.75, 3.05) is 7.11 Å². The highest BCUT2D eigenvalue weighted by Crippen LogP contribution is 2.59. The molecule has 21 heavy (non-hydrogen) atoms. The molecule has 4 heteroatoms. The Morgan fingerprint density at radius 2 is 1.71 bits per heavy atom. The van der Waals surface area contributed by atoms with Crippen LogP contribution < -0.4 is 4.74 Å². The molecular formula is C17H21N3O. The molecule has 0 aromatic carbocycles. The summed E-state index contributed by atoms with van der Waals surface area (Å²) in [5, 5.41) is 0. The maximum absolute atomic E-state index is 5.21. The van der Waals surface area contributed by atoms with Crippen LogP contribution in [0.1, 0.15) is 43.8 Å². The van der Waals surface area contributed by atoms with Crippen molar-refractivity contribution in [3.05, 3.63) is 18.0 Å². The summed E-state index contributed by atoms with van der Waals surface area (Å²) in [6, 6.07) is 3.94. The molecule has 110 valence electrons. The summed E-state index contributed by atoms with van der Waals surface area (Å²) in [5.41, 5.74) is 1.85. The van der Waals surface area contributed by atoms with E-state index in [-0.39, 0.29) is 0 Å². The van der Waals surface area contributed by atoms with E-state index in [1.165, 1.54) is 37.9 Å². The van der Waals surface area contributed by atoms with E-state index in [0.717, 1.165) is 34.8 Å². The summed E-state index contributed by atoms with van der Waals surface area (Å²) in [7, 11) is 1.65. The lowest BCUT2D eigenvalue weighted by atomic mass is 9.52. The van der Waals surface area contributed by atoms with Crippen molar-refractivity contribution in [2.24, 2.45) is 23.7 Å². The molecule has 4 fully saturated rings. The molecule has 0 atom stereocenters. The van der Waals surface area contributed by atoms with Crippen molar-refractivity contribution in [1.29, 1.82) is 0 Å². The highest BCUT2D eigenvalue weighted by atomic mass is 16.5. The second kappa shape index (κ2) is 4.21. The van der Waals surface area contributed by atoms with Gasteiger partial charge in [0.15, 0.2) is 5.65 Å². The first-order valence-corrected chi connectivity index (χ1v) is 8.21. The Morgan fingerprint density at radius 1 is 1.00 bits per heavy atom. The van der Waals surface area contributed by atoms with Crippen LogP contribution in [-0.4, -0.2) is 22.1 Å². The van der Waals surface area contributed by atoms with Crippen LogP contribution in [0.5, 0.6) is 5.88 Å². The second-order valence-electron chi connectivity index (χ2n) is 7.30. The Balaban J connectivity index is 1.55. The predicted octanol–water partition coefficient (Wildman–Crippen LogP) is 3.51. The zero-order chi connectivity index (χ0) is 14.0. The van der Waals surface area contributed by atoms with Crippen LogP contribution in [0.3, 0.4) is 0 Å². The smallest absolute Gasteiger partial charge is 0.215 e. The van der Waals surface area contributed by atoms with Gasteiger partial charge < -0.3 is 9.72 Å². The number of nitrogens with zero attached hydrogens (tertiary/aromatic N) is 2. The molecule has 2 aromatic heterocycles. The van der Waals surface area contributed by atoms with Crippen molar-refractivity contribution in [3.63, 3.8) is 0 Å². The fourth-order valence-electron chi connectivity index (χ4n) is 5.54. The molecule has 4 aliphatic rings. The molecule has 4 aliphatic carbocycles. The molecule has 0 radical (unpaired) electrons. The number of ether oxygens (including phenoxy) is 1. The van der Waals surface area contributed by atoms with Crippen LogP contribution in [0.4, 0.5) is 0 Å². The number of hydrogen-bond donors (Lipinski definition) is 1. The monoisotopic (exact) mass is 283 g/mol. The van der Waals surface area contributed by atoms with Gasteiger partial charge in [-0.05, 0) is 61.8 Å². The van der Waals surface area contributed by atoms with Crippen LogP contribution in [-0.2, 0) is 0 Å². The largest absolute Gasteiger partial charge is 0.481 e. The fraction of sp³-hybridized carbons (Fsp3) is 0.647. The number of imidazole rings is 1. The lowest BCUT2D eigenvalue weighted by Crippen LogP contribution is -2.44. The zero-order valence-electron chi connectivity index (χ0n) is 12.4. The van der Waals surface area contributed by atoms with Gasteiger partial charge in [-0.2, -0.15) is 4.98 Å². The number of pyridine rings is 1. The van der Waals surface area contributed by atoms with E-state index in [9.17, 15) is 0 Å². The third kappa shape index (κ3) is 1.74. The number of aromatic nitrogens is 3. The standard InChI is InChI=1S/C17H21N3O/c1-21-14-3-2-13-16(19-14)20-17(18-13)15-11-5-9-4-10(7-11)8-12(15)6-9/h2-3,9-12,15H,4-8H2,1H3,(H,18,19,20). The molecule has 0 aliphatic heterocycles. The number of aromatic amines is 1. The molecule has 0 spiro atoms. The molecule has 4 nitrogen and oxygen atoms in total. The van der Waals surface area contributed by atoms with E-state index in [4.69, 9.17) is 9.72 Å². The Bertz CT molecular complexity index is 664. The maximum atomic E-state index is 5.21. The topological polar surface area (TPSA) is 50.8 Å². The Labute approximate surface area is 124 Å². The number of methoxy groups -OCH3 is 1. The summed E-state index contributed by atoms with van der Waals surface area (Å²) < 4.78 is 5.21. The van der Waals surface area contributed by atoms with Crippen LogP contribution in [0.15, 0.2) is 12.1 Å². The average molecular weight is 283 g/mol. The maximum Gasteiger partial charge on any atom is 0.215 e. The van der Waals surface area contributed by atoms with Gasteiger partial charge in [0.1, 0.15) is 5.82 Å². The van der Waals surface area contributed by atoms with E-state index in [2.05, 4.69) is 9.97 Å². The Kier molecular flexibility index (Phi) is 2.41. The number of H-pyrrole nitrogens is 1. The number of nitrogens with one attached hydrogen (secondary N) is 1. The van der Waals surface area contributed by atoms with Gasteiger partial charge in [0.2, 0.25) is 5.88 Å². The SMILES string of the molecule is COc1ccc2[nH]c(C3C4CC5CC(C4)CC3C5)nc2n1. The molecule has 0 saturated heterocycles. The van der Waals surface area contributed by atoms with Gasteiger partial charge >= 0.3 is 0 Å². The van der Waals surface area contributed by atoms with E-state index in [0.29, 0.717) is 11.8 Å². The summed E-state index contributed by atoms with van der Waals surface area (Å²) in [4.78, 5) is 12.8. The number of hydrogen-bond acceptors (Lipinski definition) is 3. The molecule has 2 aromatic rings. The van der Waals surface area contributed by atoms with Crippen molar-refractivity contribution in [1.82, 2.24) is 15.0 Å². The third-order valence-electron chi connectivity index (χ3n) is 6.09. The van der Waals surface area contributed by atoms with Crippen LogP contribution in [0.25, 0.3) is 11.2 Å². The number of rotatable bonds is 2. The van der Waals surface area contributed by atoms with Crippen LogP contribution in [0, 0.1) is 23.7 Å². The second-order valence-corrected chi connectivity index (χ2v) is 7.30. The first kappa shape index (κ1) is 12.0.